The van der Waals surface area contributed by atoms with E-state index in [1.807, 2.05) is 67.6 Å². The first kappa shape index (κ1) is 20.0. The zero-order valence-electron chi connectivity index (χ0n) is 16.2. The number of thiazole rings is 1. The third-order valence-corrected chi connectivity index (χ3v) is 6.47. The molecule has 0 bridgehead atoms. The van der Waals surface area contributed by atoms with Gasteiger partial charge in [-0.1, -0.05) is 60.7 Å². The van der Waals surface area contributed by atoms with Crippen LogP contribution >= 0.6 is 22.7 Å². The summed E-state index contributed by atoms with van der Waals surface area (Å²) >= 11 is 2.78. The van der Waals surface area contributed by atoms with Crippen LogP contribution < -0.4 is 11.1 Å². The number of rotatable bonds is 6. The van der Waals surface area contributed by atoms with Gasteiger partial charge >= 0.3 is 0 Å². The molecule has 2 heterocycles. The molecule has 0 radical (unpaired) electrons. The monoisotopic (exact) mass is 433 g/mol. The maximum Gasteiger partial charge on any atom is 0.275 e. The smallest absolute Gasteiger partial charge is 0.275 e. The van der Waals surface area contributed by atoms with Gasteiger partial charge in [0.25, 0.3) is 11.8 Å². The molecule has 3 N–H and O–H groups in total. The number of aromatic nitrogens is 1. The average molecular weight is 434 g/mol. The highest BCUT2D eigenvalue weighted by Crippen LogP contribution is 2.39. The van der Waals surface area contributed by atoms with Crippen LogP contribution in [0.5, 0.6) is 0 Å². The molecule has 30 heavy (non-hydrogen) atoms. The minimum absolute atomic E-state index is 0.327. The van der Waals surface area contributed by atoms with E-state index < -0.39 is 5.91 Å². The molecule has 0 saturated carbocycles. The predicted octanol–water partition coefficient (Wildman–Crippen LogP) is 5.12. The fourth-order valence-electron chi connectivity index (χ4n) is 3.25. The van der Waals surface area contributed by atoms with Crippen molar-refractivity contribution in [3.8, 4) is 11.1 Å². The summed E-state index contributed by atoms with van der Waals surface area (Å²) in [6.07, 6.45) is 0.668. The van der Waals surface area contributed by atoms with Crippen molar-refractivity contribution in [3.05, 3.63) is 92.7 Å². The minimum atomic E-state index is -0.573. The molecule has 0 aliphatic carbocycles. The number of anilines is 1. The summed E-state index contributed by atoms with van der Waals surface area (Å²) in [5, 5.41) is 5.87. The van der Waals surface area contributed by atoms with Crippen molar-refractivity contribution in [1.29, 1.82) is 0 Å². The molecule has 2 aromatic carbocycles. The molecular weight excluding hydrogens is 414 g/mol. The number of nitrogens with zero attached hydrogens (tertiary/aromatic N) is 1. The van der Waals surface area contributed by atoms with Crippen LogP contribution in [0.3, 0.4) is 0 Å². The Labute approximate surface area is 182 Å². The van der Waals surface area contributed by atoms with Crippen LogP contribution in [-0.2, 0) is 6.42 Å². The van der Waals surface area contributed by atoms with Gasteiger partial charge in [0.2, 0.25) is 0 Å². The normalized spacial score (nSPS) is 10.7. The fraction of sp³-hybridized carbons (Fsp3) is 0.0870. The molecule has 2 aromatic heterocycles. The summed E-state index contributed by atoms with van der Waals surface area (Å²) in [4.78, 5) is 30.4. The van der Waals surface area contributed by atoms with Crippen molar-refractivity contribution in [1.82, 2.24) is 4.98 Å². The number of amides is 2. The van der Waals surface area contributed by atoms with Gasteiger partial charge in [-0.15, -0.1) is 22.7 Å². The predicted molar refractivity (Wildman–Crippen MR) is 122 cm³/mol. The highest BCUT2D eigenvalue weighted by Gasteiger charge is 2.23. The van der Waals surface area contributed by atoms with Gasteiger partial charge in [0.05, 0.1) is 10.6 Å². The molecule has 0 aliphatic heterocycles. The number of primary amides is 1. The molecule has 2 amide bonds. The van der Waals surface area contributed by atoms with E-state index in [2.05, 4.69) is 10.3 Å². The summed E-state index contributed by atoms with van der Waals surface area (Å²) in [6, 6.07) is 19.5. The fourth-order valence-corrected chi connectivity index (χ4v) is 5.14. The second kappa shape index (κ2) is 8.61. The maximum absolute atomic E-state index is 12.8. The largest absolute Gasteiger partial charge is 0.365 e. The zero-order valence-corrected chi connectivity index (χ0v) is 17.8. The molecule has 0 atom stereocenters. The van der Waals surface area contributed by atoms with Crippen LogP contribution in [0.2, 0.25) is 0 Å². The van der Waals surface area contributed by atoms with E-state index in [9.17, 15) is 9.59 Å². The standard InChI is InChI=1S/C23H19N3O2S2/c1-14-19(16-10-6-3-7-11-16)20(21(24)27)23(30-14)26-22(28)17-13-29-18(25-17)12-15-8-4-2-5-9-15/h2-11,13H,12H2,1H3,(H2,24,27)(H,26,28). The van der Waals surface area contributed by atoms with Crippen molar-refractivity contribution in [2.45, 2.75) is 13.3 Å². The van der Waals surface area contributed by atoms with Crippen LogP contribution in [-0.4, -0.2) is 16.8 Å². The number of hydrogen-bond acceptors (Lipinski definition) is 5. The number of hydrogen-bond donors (Lipinski definition) is 2. The van der Waals surface area contributed by atoms with E-state index in [0.29, 0.717) is 22.7 Å². The van der Waals surface area contributed by atoms with Crippen molar-refractivity contribution in [2.75, 3.05) is 5.32 Å². The number of carbonyl (C=O) groups is 2. The Balaban J connectivity index is 1.59. The van der Waals surface area contributed by atoms with Crippen LogP contribution in [0.15, 0.2) is 66.0 Å². The Morgan fingerprint density at radius 2 is 1.70 bits per heavy atom. The van der Waals surface area contributed by atoms with E-state index in [1.54, 1.807) is 5.38 Å². The van der Waals surface area contributed by atoms with E-state index in [4.69, 9.17) is 5.73 Å². The third kappa shape index (κ3) is 4.17. The van der Waals surface area contributed by atoms with Gasteiger partial charge in [-0.3, -0.25) is 9.59 Å². The first-order valence-corrected chi connectivity index (χ1v) is 11.0. The van der Waals surface area contributed by atoms with Gasteiger partial charge in [-0.25, -0.2) is 4.98 Å². The van der Waals surface area contributed by atoms with E-state index >= 15 is 0 Å². The van der Waals surface area contributed by atoms with Gasteiger partial charge in [0, 0.05) is 22.2 Å². The molecule has 0 aliphatic rings. The average Bonchev–Trinajstić information content (AvgIpc) is 3.33. The Morgan fingerprint density at radius 3 is 2.37 bits per heavy atom. The van der Waals surface area contributed by atoms with Crippen molar-refractivity contribution in [3.63, 3.8) is 0 Å². The molecular formula is C23H19N3O2S2. The molecule has 7 heteroatoms. The van der Waals surface area contributed by atoms with Gasteiger partial charge in [-0.05, 0) is 18.1 Å². The number of benzene rings is 2. The summed E-state index contributed by atoms with van der Waals surface area (Å²) in [6.45, 7) is 1.91. The zero-order chi connectivity index (χ0) is 21.1. The van der Waals surface area contributed by atoms with E-state index in [1.165, 1.54) is 22.7 Å². The number of thiophene rings is 1. The highest BCUT2D eigenvalue weighted by molar-refractivity contribution is 7.17. The molecule has 0 saturated heterocycles. The van der Waals surface area contributed by atoms with E-state index in [-0.39, 0.29) is 5.91 Å². The van der Waals surface area contributed by atoms with Crippen molar-refractivity contribution >= 4 is 39.5 Å². The number of carbonyl (C=O) groups excluding carboxylic acids is 2. The summed E-state index contributed by atoms with van der Waals surface area (Å²) in [5.74, 6) is -0.925. The Hall–Kier alpha value is -3.29. The van der Waals surface area contributed by atoms with Crippen molar-refractivity contribution in [2.24, 2.45) is 5.73 Å². The Kier molecular flexibility index (Phi) is 5.74. The second-order valence-corrected chi connectivity index (χ2v) is 8.88. The molecule has 5 nitrogen and oxygen atoms in total. The summed E-state index contributed by atoms with van der Waals surface area (Å²) in [7, 11) is 0. The molecule has 0 fully saturated rings. The van der Waals surface area contributed by atoms with Crippen LogP contribution in [0.25, 0.3) is 11.1 Å². The van der Waals surface area contributed by atoms with Crippen LogP contribution in [0.4, 0.5) is 5.00 Å². The lowest BCUT2D eigenvalue weighted by atomic mass is 10.0. The quantitative estimate of drug-likeness (QED) is 0.442. The SMILES string of the molecule is Cc1sc(NC(=O)c2csc(Cc3ccccc3)n2)c(C(N)=O)c1-c1ccccc1. The molecule has 4 aromatic rings. The van der Waals surface area contributed by atoms with E-state index in [0.717, 1.165) is 26.6 Å². The van der Waals surface area contributed by atoms with Gasteiger partial charge < -0.3 is 11.1 Å². The Bertz CT molecular complexity index is 1200. The molecule has 150 valence electrons. The van der Waals surface area contributed by atoms with Gasteiger partial charge in [0.1, 0.15) is 10.7 Å². The highest BCUT2D eigenvalue weighted by atomic mass is 32.1. The summed E-state index contributed by atoms with van der Waals surface area (Å²) in [5.41, 5.74) is 9.11. The molecule has 0 unspecified atom stereocenters. The van der Waals surface area contributed by atoms with Crippen LogP contribution in [0.1, 0.15) is 36.3 Å². The molecule has 4 rings (SSSR count). The first-order valence-electron chi connectivity index (χ1n) is 9.31. The molecule has 0 spiro atoms. The summed E-state index contributed by atoms with van der Waals surface area (Å²) < 4.78 is 0. The number of nitrogens with one attached hydrogen (secondary N) is 1. The third-order valence-electron chi connectivity index (χ3n) is 4.60. The van der Waals surface area contributed by atoms with Gasteiger partial charge in [-0.2, -0.15) is 0 Å². The topological polar surface area (TPSA) is 85.1 Å². The lowest BCUT2D eigenvalue weighted by Gasteiger charge is -2.06. The minimum Gasteiger partial charge on any atom is -0.365 e. The van der Waals surface area contributed by atoms with Crippen LogP contribution in [0, 0.1) is 6.92 Å². The lowest BCUT2D eigenvalue weighted by molar-refractivity contribution is 0.100. The second-order valence-electron chi connectivity index (χ2n) is 6.71. The van der Waals surface area contributed by atoms with Gasteiger partial charge in [0.15, 0.2) is 0 Å². The van der Waals surface area contributed by atoms with Crippen molar-refractivity contribution < 1.29 is 9.59 Å². The maximum atomic E-state index is 12.8. The number of nitrogens with two attached hydrogens (primary N) is 1. The lowest BCUT2D eigenvalue weighted by Crippen LogP contribution is -2.17. The number of aryl methyl sites for hydroxylation is 1. The Morgan fingerprint density at radius 1 is 1.03 bits per heavy atom. The first-order chi connectivity index (χ1) is 14.5.